The van der Waals surface area contributed by atoms with Gasteiger partial charge < -0.3 is 14.4 Å². The Morgan fingerprint density at radius 2 is 0.762 bits per heavy atom. The lowest BCUT2D eigenvalue weighted by Gasteiger charge is -2.61. The van der Waals surface area contributed by atoms with E-state index in [0.717, 1.165) is 60.7 Å². The van der Waals surface area contributed by atoms with Gasteiger partial charge in [0, 0.05) is 17.4 Å². The van der Waals surface area contributed by atoms with Crippen LogP contribution in [0, 0.1) is 47.3 Å². The van der Waals surface area contributed by atoms with Crippen LogP contribution in [0.25, 0.3) is 33.4 Å². The van der Waals surface area contributed by atoms with Crippen molar-refractivity contribution in [2.24, 2.45) is 47.3 Å². The number of benzene rings is 5. The number of hydrogen-bond acceptors (Lipinski definition) is 3. The standard InChI is InChI=1S/C60H69NO2/c1-3-15-40(16-4-1)41-27-31-44(32-28-41)61(45-33-29-43(30-34-45)48-20-8-7-19-47(48)42-17-5-2-6-18-42)46-35-37-56-58(39-46)63-60-57(62-56)38-36-55-53-25-12-11-23-51(53)49-21-9-10-22-50(49)52-24-13-14-26-54(52)59(55)60/h1-8,15-20,27-34,46,49-60H,9-14,21-26,35-39H2. The molecule has 3 heteroatoms. The second kappa shape index (κ2) is 17.7. The molecule has 6 saturated carbocycles. The van der Waals surface area contributed by atoms with Crippen LogP contribution in [0.5, 0.6) is 0 Å². The Kier molecular flexibility index (Phi) is 11.3. The van der Waals surface area contributed by atoms with E-state index in [-0.39, 0.29) is 24.4 Å². The van der Waals surface area contributed by atoms with Gasteiger partial charge in [-0.1, -0.05) is 148 Å². The highest BCUT2D eigenvalue weighted by atomic mass is 16.6. The molecule has 63 heavy (non-hydrogen) atoms. The van der Waals surface area contributed by atoms with Gasteiger partial charge in [-0.25, -0.2) is 0 Å². The van der Waals surface area contributed by atoms with Crippen LogP contribution < -0.4 is 4.90 Å². The predicted molar refractivity (Wildman–Crippen MR) is 259 cm³/mol. The maximum absolute atomic E-state index is 7.83. The van der Waals surface area contributed by atoms with Gasteiger partial charge in [-0.2, -0.15) is 0 Å². The Labute approximate surface area is 378 Å². The minimum absolute atomic E-state index is 0.143. The molecule has 0 spiro atoms. The molecule has 1 heterocycles. The molecule has 7 aliphatic rings. The van der Waals surface area contributed by atoms with E-state index in [1.807, 2.05) is 0 Å². The summed E-state index contributed by atoms with van der Waals surface area (Å²) in [4.78, 5) is 2.67. The molecule has 0 amide bonds. The quantitative estimate of drug-likeness (QED) is 0.159. The first-order valence-electron chi connectivity index (χ1n) is 25.8. The molecule has 7 fully saturated rings. The number of ether oxygens (including phenoxy) is 2. The first kappa shape index (κ1) is 40.3. The molecule has 5 aromatic rings. The summed E-state index contributed by atoms with van der Waals surface area (Å²) >= 11 is 0. The van der Waals surface area contributed by atoms with Crippen molar-refractivity contribution in [2.45, 2.75) is 140 Å². The summed E-state index contributed by atoms with van der Waals surface area (Å²) in [5.74, 6) is 7.09. The molecular weight excluding hydrogens is 767 g/mol. The van der Waals surface area contributed by atoms with Gasteiger partial charge >= 0.3 is 0 Å². The first-order valence-corrected chi connectivity index (χ1v) is 25.8. The van der Waals surface area contributed by atoms with Crippen LogP contribution in [-0.4, -0.2) is 30.5 Å². The monoisotopic (exact) mass is 836 g/mol. The van der Waals surface area contributed by atoms with Gasteiger partial charge in [0.05, 0.1) is 24.4 Å². The fourth-order valence-corrected chi connectivity index (χ4v) is 15.8. The molecule has 0 radical (unpaired) electrons. The number of rotatable bonds is 6. The molecule has 12 rings (SSSR count). The molecule has 0 bridgehead atoms. The van der Waals surface area contributed by atoms with E-state index in [9.17, 15) is 0 Å². The third-order valence-electron chi connectivity index (χ3n) is 18.3. The van der Waals surface area contributed by atoms with Crippen molar-refractivity contribution in [3.8, 4) is 33.4 Å². The maximum Gasteiger partial charge on any atom is 0.0875 e. The average Bonchev–Trinajstić information content (AvgIpc) is 3.36. The minimum atomic E-state index is 0.143. The fourth-order valence-electron chi connectivity index (χ4n) is 15.8. The van der Waals surface area contributed by atoms with Crippen molar-refractivity contribution in [1.29, 1.82) is 0 Å². The van der Waals surface area contributed by atoms with Crippen LogP contribution in [-0.2, 0) is 9.47 Å². The summed E-state index contributed by atoms with van der Waals surface area (Å²) in [7, 11) is 0. The van der Waals surface area contributed by atoms with Crippen molar-refractivity contribution in [3.05, 3.63) is 133 Å². The third kappa shape index (κ3) is 7.61. The third-order valence-corrected chi connectivity index (χ3v) is 18.3. The topological polar surface area (TPSA) is 21.7 Å². The second-order valence-corrected chi connectivity index (χ2v) is 21.2. The maximum atomic E-state index is 7.83. The molecule has 0 aromatic heterocycles. The van der Waals surface area contributed by atoms with Crippen LogP contribution in [0.2, 0.25) is 0 Å². The Morgan fingerprint density at radius 3 is 1.33 bits per heavy atom. The number of nitrogens with zero attached hydrogens (tertiary/aromatic N) is 1. The van der Waals surface area contributed by atoms with Crippen molar-refractivity contribution in [2.75, 3.05) is 4.90 Å². The zero-order valence-electron chi connectivity index (χ0n) is 37.5. The Bertz CT molecular complexity index is 2270. The zero-order chi connectivity index (χ0) is 41.7. The summed E-state index contributed by atoms with van der Waals surface area (Å²) in [5, 5.41) is 0. The van der Waals surface area contributed by atoms with Crippen molar-refractivity contribution < 1.29 is 9.47 Å². The first-order chi connectivity index (χ1) is 31.2. The number of fused-ring (bicyclic) bond motifs is 11. The molecule has 3 nitrogen and oxygen atoms in total. The highest BCUT2D eigenvalue weighted by molar-refractivity contribution is 5.84. The largest absolute Gasteiger partial charge is 0.370 e. The highest BCUT2D eigenvalue weighted by Crippen LogP contribution is 2.61. The van der Waals surface area contributed by atoms with Gasteiger partial charge in [-0.3, -0.25) is 0 Å². The van der Waals surface area contributed by atoms with Gasteiger partial charge in [0.25, 0.3) is 0 Å². The lowest BCUT2D eigenvalue weighted by Crippen LogP contribution is -2.62. The van der Waals surface area contributed by atoms with Gasteiger partial charge in [-0.05, 0) is 176 Å². The van der Waals surface area contributed by atoms with Crippen molar-refractivity contribution in [3.63, 3.8) is 0 Å². The van der Waals surface area contributed by atoms with Crippen molar-refractivity contribution >= 4 is 11.4 Å². The van der Waals surface area contributed by atoms with E-state index in [2.05, 4.69) is 138 Å². The summed E-state index contributed by atoms with van der Waals surface area (Å²) in [5.41, 5.74) is 10.1. The molecule has 6 aliphatic carbocycles. The molecule has 1 saturated heterocycles. The molecule has 5 aromatic carbocycles. The van der Waals surface area contributed by atoms with E-state index in [1.54, 1.807) is 0 Å². The Hall–Kier alpha value is -4.18. The lowest BCUT2D eigenvalue weighted by molar-refractivity contribution is -0.277. The number of hydrogen-bond donors (Lipinski definition) is 0. The Morgan fingerprint density at radius 1 is 0.333 bits per heavy atom. The Balaban J connectivity index is 0.865. The van der Waals surface area contributed by atoms with Gasteiger partial charge in [0.1, 0.15) is 0 Å². The summed E-state index contributed by atoms with van der Waals surface area (Å²) in [6.45, 7) is 0. The second-order valence-electron chi connectivity index (χ2n) is 21.2. The molecule has 0 N–H and O–H groups in total. The van der Waals surface area contributed by atoms with Crippen LogP contribution >= 0.6 is 0 Å². The van der Waals surface area contributed by atoms with E-state index in [4.69, 9.17) is 9.47 Å². The van der Waals surface area contributed by atoms with E-state index in [1.165, 1.54) is 135 Å². The molecule has 13 atom stereocenters. The molecule has 1 aliphatic heterocycles. The fraction of sp³-hybridized carbons (Fsp3) is 0.500. The van der Waals surface area contributed by atoms with Crippen LogP contribution in [0.4, 0.5) is 11.4 Å². The smallest absolute Gasteiger partial charge is 0.0875 e. The van der Waals surface area contributed by atoms with Crippen LogP contribution in [0.1, 0.15) is 109 Å². The summed E-state index contributed by atoms with van der Waals surface area (Å²) in [6, 6.07) is 49.7. The number of anilines is 2. The zero-order valence-corrected chi connectivity index (χ0v) is 37.5. The van der Waals surface area contributed by atoms with Gasteiger partial charge in [0.2, 0.25) is 0 Å². The van der Waals surface area contributed by atoms with E-state index in [0.29, 0.717) is 12.0 Å². The predicted octanol–water partition coefficient (Wildman–Crippen LogP) is 15.4. The normalized spacial score (nSPS) is 34.9. The average molecular weight is 836 g/mol. The highest BCUT2D eigenvalue weighted by Gasteiger charge is 2.58. The van der Waals surface area contributed by atoms with E-state index < -0.39 is 0 Å². The van der Waals surface area contributed by atoms with E-state index >= 15 is 0 Å². The van der Waals surface area contributed by atoms with Gasteiger partial charge in [0.15, 0.2) is 0 Å². The van der Waals surface area contributed by atoms with Crippen LogP contribution in [0.15, 0.2) is 133 Å². The van der Waals surface area contributed by atoms with Crippen LogP contribution in [0.3, 0.4) is 0 Å². The SMILES string of the molecule is c1ccc(-c2ccc(N(c3ccc(-c4ccccc4-c4ccccc4)cc3)C3CCC4OC5CCC6C7CCCCC7C7CCCCC7C7CCCCC7C6C5OC4C3)cc2)cc1. The summed E-state index contributed by atoms with van der Waals surface area (Å²) in [6.07, 6.45) is 24.4. The minimum Gasteiger partial charge on any atom is -0.370 e. The summed E-state index contributed by atoms with van der Waals surface area (Å²) < 4.78 is 15.2. The molecule has 13 unspecified atom stereocenters. The lowest BCUT2D eigenvalue weighted by atomic mass is 9.47. The molecular formula is C60H69NO2. The van der Waals surface area contributed by atoms with Crippen molar-refractivity contribution in [1.82, 2.24) is 0 Å². The molecule has 326 valence electrons. The van der Waals surface area contributed by atoms with Gasteiger partial charge in [-0.15, -0.1) is 0 Å².